The van der Waals surface area contributed by atoms with Gasteiger partial charge in [-0.3, -0.25) is 23.8 Å². The summed E-state index contributed by atoms with van der Waals surface area (Å²) in [6.07, 6.45) is 0. The third kappa shape index (κ3) is 6.32. The number of carboxylic acids is 1. The summed E-state index contributed by atoms with van der Waals surface area (Å²) >= 11 is 0. The molecule has 0 saturated carbocycles. The molecule has 0 radical (unpaired) electrons. The summed E-state index contributed by atoms with van der Waals surface area (Å²) in [5, 5.41) is 23.9. The Balaban J connectivity index is 2.06. The number of benzene rings is 2. The molecule has 0 atom stereocenters. The number of anilines is 1. The van der Waals surface area contributed by atoms with Gasteiger partial charge in [-0.15, -0.1) is 10.2 Å². The fourth-order valence-corrected chi connectivity index (χ4v) is 4.10. The summed E-state index contributed by atoms with van der Waals surface area (Å²) in [6.45, 7) is -0.0844. The van der Waals surface area contributed by atoms with E-state index < -0.39 is 64.5 Å². The van der Waals surface area contributed by atoms with E-state index in [1.165, 1.54) is 13.1 Å². The van der Waals surface area contributed by atoms with Crippen LogP contribution in [0.5, 0.6) is 0 Å². The minimum atomic E-state index is -4.90. The molecule has 18 heteroatoms. The number of hydrogen-bond acceptors (Lipinski definition) is 10. The topological polar surface area (TPSA) is 250 Å². The van der Waals surface area contributed by atoms with Gasteiger partial charge in [-0.05, 0) is 49.5 Å². The molecule has 0 aliphatic carbocycles. The maximum Gasteiger partial charge on any atom is 0.356 e. The van der Waals surface area contributed by atoms with E-state index in [2.05, 4.69) is 26.0 Å². The van der Waals surface area contributed by atoms with Gasteiger partial charge in [0.2, 0.25) is 5.91 Å². The monoisotopic (exact) mass is 554 g/mol. The molecule has 0 fully saturated rings. The molecular formula is C19H18N6O10S2. The summed E-state index contributed by atoms with van der Waals surface area (Å²) in [4.78, 5) is 35.0. The number of likely N-dealkylation sites (N-methyl/N-ethyl adjacent to an activating group) is 1. The number of carbonyl (C=O) groups excluding carboxylic acids is 1. The first kappa shape index (κ1) is 27.4. The highest BCUT2D eigenvalue weighted by Crippen LogP contribution is 2.29. The molecule has 6 N–H and O–H groups in total. The van der Waals surface area contributed by atoms with Gasteiger partial charge in [0.1, 0.15) is 10.6 Å². The second kappa shape index (κ2) is 10.4. The number of azo groups is 1. The number of nitrogens with one attached hydrogen (secondary N) is 3. The Labute approximate surface area is 208 Å². The zero-order chi connectivity index (χ0) is 27.5. The van der Waals surface area contributed by atoms with E-state index in [1.54, 1.807) is 0 Å². The lowest BCUT2D eigenvalue weighted by Gasteiger charge is -2.08. The van der Waals surface area contributed by atoms with Crippen molar-refractivity contribution in [1.82, 2.24) is 15.1 Å². The van der Waals surface area contributed by atoms with Crippen LogP contribution in [0.3, 0.4) is 0 Å². The number of carboxylic acid groups (broad SMARTS) is 1. The highest BCUT2D eigenvalue weighted by molar-refractivity contribution is 7.86. The SMILES string of the molecule is CNCC(=O)Nc1ccc(N=Nc2c(C(=O)O)[nH]n(-c3ccc(S(=O)(=O)O)cc3)c2=O)c(S(=O)(=O)O)c1. The molecule has 1 aromatic heterocycles. The normalized spacial score (nSPS) is 12.1. The lowest BCUT2D eigenvalue weighted by molar-refractivity contribution is -0.115. The summed E-state index contributed by atoms with van der Waals surface area (Å²) in [5.41, 5.74) is -3.05. The Kier molecular flexibility index (Phi) is 7.69. The third-order valence-corrected chi connectivity index (χ3v) is 6.34. The fraction of sp³-hybridized carbons (Fsp3) is 0.105. The lowest BCUT2D eigenvalue weighted by Crippen LogP contribution is -2.25. The van der Waals surface area contributed by atoms with Crippen molar-refractivity contribution in [3.63, 3.8) is 0 Å². The first-order valence-electron chi connectivity index (χ1n) is 9.86. The van der Waals surface area contributed by atoms with Gasteiger partial charge in [0.15, 0.2) is 11.4 Å². The van der Waals surface area contributed by atoms with Crippen molar-refractivity contribution in [3.8, 4) is 5.69 Å². The zero-order valence-electron chi connectivity index (χ0n) is 18.6. The van der Waals surface area contributed by atoms with Crippen molar-refractivity contribution < 1.29 is 40.6 Å². The van der Waals surface area contributed by atoms with Crippen LogP contribution in [0.15, 0.2) is 67.3 Å². The smallest absolute Gasteiger partial charge is 0.356 e. The number of aromatic amines is 1. The molecule has 1 heterocycles. The van der Waals surface area contributed by atoms with Gasteiger partial charge < -0.3 is 15.7 Å². The molecular weight excluding hydrogens is 536 g/mol. The van der Waals surface area contributed by atoms with Crippen LogP contribution < -0.4 is 16.2 Å². The Morgan fingerprint density at radius 3 is 2.19 bits per heavy atom. The molecule has 0 aliphatic heterocycles. The number of rotatable bonds is 9. The van der Waals surface area contributed by atoms with Crippen molar-refractivity contribution in [2.75, 3.05) is 18.9 Å². The summed E-state index contributed by atoms with van der Waals surface area (Å²) in [7, 11) is -7.90. The van der Waals surface area contributed by atoms with E-state index in [9.17, 15) is 40.9 Å². The second-order valence-corrected chi connectivity index (χ2v) is 10.00. The number of nitrogens with zero attached hydrogens (tertiary/aromatic N) is 3. The quantitative estimate of drug-likeness (QED) is 0.160. The van der Waals surface area contributed by atoms with Crippen LogP contribution in [0.25, 0.3) is 5.69 Å². The number of H-pyrrole nitrogens is 1. The average molecular weight is 555 g/mol. The molecule has 0 saturated heterocycles. The van der Waals surface area contributed by atoms with Crippen LogP contribution in [0.4, 0.5) is 17.1 Å². The second-order valence-electron chi connectivity index (χ2n) is 7.19. The van der Waals surface area contributed by atoms with Gasteiger partial charge in [-0.1, -0.05) is 0 Å². The van der Waals surface area contributed by atoms with Crippen LogP contribution in [0, 0.1) is 0 Å². The van der Waals surface area contributed by atoms with Crippen molar-refractivity contribution in [3.05, 3.63) is 58.5 Å². The average Bonchev–Trinajstić information content (AvgIpc) is 3.13. The summed E-state index contributed by atoms with van der Waals surface area (Å²) < 4.78 is 65.5. The maximum atomic E-state index is 12.8. The largest absolute Gasteiger partial charge is 0.476 e. The van der Waals surface area contributed by atoms with Gasteiger partial charge in [0, 0.05) is 5.69 Å². The molecule has 0 aliphatic rings. The molecule has 37 heavy (non-hydrogen) atoms. The Hall–Kier alpha value is -4.23. The van der Waals surface area contributed by atoms with E-state index >= 15 is 0 Å². The standard InChI is InChI=1S/C19H18N6O10S2/c1-20-9-15(26)21-10-2-7-13(14(8-10)37(33,34)35)22-23-16-17(19(28)29)24-25(18(16)27)11-3-5-12(6-4-11)36(30,31)32/h2-8,20,24H,9H2,1H3,(H,21,26)(H,28,29)(H,30,31,32)(H,33,34,35). The molecule has 3 aromatic rings. The highest BCUT2D eigenvalue weighted by atomic mass is 32.2. The van der Waals surface area contributed by atoms with Gasteiger partial charge in [0.25, 0.3) is 25.8 Å². The van der Waals surface area contributed by atoms with E-state index in [0.29, 0.717) is 4.68 Å². The van der Waals surface area contributed by atoms with Crippen LogP contribution in [-0.2, 0) is 25.0 Å². The number of carbonyl (C=O) groups is 2. The number of aromatic nitrogens is 2. The van der Waals surface area contributed by atoms with E-state index in [-0.39, 0.29) is 17.9 Å². The summed E-state index contributed by atoms with van der Waals surface area (Å²) in [5.74, 6) is -2.14. The minimum absolute atomic E-state index is 0.00427. The Morgan fingerprint density at radius 2 is 1.65 bits per heavy atom. The number of amides is 1. The summed E-state index contributed by atoms with van der Waals surface area (Å²) in [6, 6.07) is 7.32. The van der Waals surface area contributed by atoms with Gasteiger partial charge >= 0.3 is 5.97 Å². The molecule has 2 aromatic carbocycles. The van der Waals surface area contributed by atoms with Crippen LogP contribution >= 0.6 is 0 Å². The molecule has 0 unspecified atom stereocenters. The van der Waals surface area contributed by atoms with Crippen molar-refractivity contribution in [1.29, 1.82) is 0 Å². The predicted octanol–water partition coefficient (Wildman–Crippen LogP) is 0.931. The first-order chi connectivity index (χ1) is 17.2. The molecule has 16 nitrogen and oxygen atoms in total. The molecule has 3 rings (SSSR count). The van der Waals surface area contributed by atoms with E-state index in [0.717, 1.165) is 36.4 Å². The number of hydrogen-bond donors (Lipinski definition) is 6. The van der Waals surface area contributed by atoms with Crippen LogP contribution in [0.1, 0.15) is 10.5 Å². The van der Waals surface area contributed by atoms with Gasteiger partial charge in [-0.2, -0.15) is 16.8 Å². The first-order valence-corrected chi connectivity index (χ1v) is 12.7. The maximum absolute atomic E-state index is 12.8. The van der Waals surface area contributed by atoms with Gasteiger partial charge in [-0.25, -0.2) is 9.48 Å². The van der Waals surface area contributed by atoms with E-state index in [1.807, 2.05) is 0 Å². The lowest BCUT2D eigenvalue weighted by atomic mass is 10.3. The minimum Gasteiger partial charge on any atom is -0.476 e. The van der Waals surface area contributed by atoms with E-state index in [4.69, 9.17) is 4.55 Å². The third-order valence-electron chi connectivity index (χ3n) is 4.59. The highest BCUT2D eigenvalue weighted by Gasteiger charge is 2.22. The molecule has 1 amide bonds. The van der Waals surface area contributed by atoms with Crippen molar-refractivity contribution in [2.24, 2.45) is 10.2 Å². The fourth-order valence-electron chi connectivity index (χ4n) is 2.97. The molecule has 0 bridgehead atoms. The molecule has 196 valence electrons. The Bertz CT molecular complexity index is 1670. The zero-order valence-corrected chi connectivity index (χ0v) is 20.2. The van der Waals surface area contributed by atoms with Gasteiger partial charge in [0.05, 0.1) is 17.1 Å². The predicted molar refractivity (Wildman–Crippen MR) is 126 cm³/mol. The Morgan fingerprint density at radius 1 is 1.00 bits per heavy atom. The number of aromatic carboxylic acids is 1. The van der Waals surface area contributed by atoms with Crippen molar-refractivity contribution in [2.45, 2.75) is 9.79 Å². The van der Waals surface area contributed by atoms with Crippen LogP contribution in [-0.4, -0.2) is 66.3 Å². The van der Waals surface area contributed by atoms with Crippen LogP contribution in [0.2, 0.25) is 0 Å². The van der Waals surface area contributed by atoms with Crippen molar-refractivity contribution >= 4 is 49.2 Å². The molecule has 0 spiro atoms.